The SMILES string of the molecule is BC(B)(B)N(C(=O)Oc1c(C)cc(C(F)(F)F)cc1C(F)(F)F)c1ccc(F)c(Cl)c1F. The zero-order chi connectivity index (χ0) is 24.8. The fraction of sp³-hybridized carbons (Fsp3) is 0.235. The van der Waals surface area contributed by atoms with E-state index in [1.807, 2.05) is 0 Å². The number of anilines is 1. The molecule has 2 aromatic carbocycles. The highest BCUT2D eigenvalue weighted by Gasteiger charge is 2.41. The van der Waals surface area contributed by atoms with Gasteiger partial charge in [-0.1, -0.05) is 11.6 Å². The first-order valence-electron chi connectivity index (χ1n) is 8.80. The normalized spacial score (nSPS) is 12.6. The third-order valence-electron chi connectivity index (χ3n) is 4.21. The number of hydrogen-bond donors (Lipinski definition) is 0. The Balaban J connectivity index is 2.64. The van der Waals surface area contributed by atoms with Crippen molar-refractivity contribution in [1.82, 2.24) is 0 Å². The number of hydrogen-bond acceptors (Lipinski definition) is 2. The summed E-state index contributed by atoms with van der Waals surface area (Å²) in [5.41, 5.74) is -4.67. The van der Waals surface area contributed by atoms with Crippen molar-refractivity contribution < 1.29 is 44.7 Å². The van der Waals surface area contributed by atoms with E-state index in [2.05, 4.69) is 0 Å². The minimum atomic E-state index is -5.31. The van der Waals surface area contributed by atoms with Gasteiger partial charge < -0.3 is 4.74 Å². The minimum absolute atomic E-state index is 0.188. The van der Waals surface area contributed by atoms with Gasteiger partial charge in [0.2, 0.25) is 0 Å². The number of ether oxygens (including phenoxy) is 1. The van der Waals surface area contributed by atoms with Gasteiger partial charge in [0.05, 0.1) is 16.8 Å². The van der Waals surface area contributed by atoms with Crippen LogP contribution in [0.5, 0.6) is 5.75 Å². The number of alkyl halides is 6. The predicted molar refractivity (Wildman–Crippen MR) is 109 cm³/mol. The van der Waals surface area contributed by atoms with E-state index < -0.39 is 68.5 Å². The van der Waals surface area contributed by atoms with Gasteiger partial charge in [-0.2, -0.15) is 26.3 Å². The minimum Gasteiger partial charge on any atom is -0.409 e. The molecule has 0 heterocycles. The van der Waals surface area contributed by atoms with Gasteiger partial charge in [-0.25, -0.2) is 13.6 Å². The van der Waals surface area contributed by atoms with Crippen molar-refractivity contribution in [3.8, 4) is 5.75 Å². The summed E-state index contributed by atoms with van der Waals surface area (Å²) >= 11 is 5.53. The zero-order valence-corrected chi connectivity index (χ0v) is 17.7. The van der Waals surface area contributed by atoms with Crippen LogP contribution in [-0.2, 0) is 12.4 Å². The first kappa shape index (κ1) is 25.9. The number of benzene rings is 2. The van der Waals surface area contributed by atoms with Crippen molar-refractivity contribution >= 4 is 46.9 Å². The topological polar surface area (TPSA) is 29.5 Å². The van der Waals surface area contributed by atoms with Gasteiger partial charge in [-0.05, 0) is 42.0 Å². The Bertz CT molecular complexity index is 1050. The highest BCUT2D eigenvalue weighted by atomic mass is 35.5. The second kappa shape index (κ2) is 8.53. The first-order valence-corrected chi connectivity index (χ1v) is 9.18. The standard InChI is InChI=1S/C17H13B3ClF8NO2/c1-6-4-7(15(24,25)26)5-8(16(27,28)29)13(6)32-14(31)30(17(18,19)20)10-3-2-9(22)11(21)12(10)23/h2-5H,18-20H2,1H3. The maximum absolute atomic E-state index is 14.5. The van der Waals surface area contributed by atoms with Crippen LogP contribution in [0.15, 0.2) is 24.3 Å². The van der Waals surface area contributed by atoms with E-state index in [0.717, 1.165) is 19.1 Å². The molecular weight excluding hydrogens is 470 g/mol. The lowest BCUT2D eigenvalue weighted by Crippen LogP contribution is -2.55. The zero-order valence-electron chi connectivity index (χ0n) is 17.0. The number of aryl methyl sites for hydroxylation is 1. The summed E-state index contributed by atoms with van der Waals surface area (Å²) < 4.78 is 112. The maximum atomic E-state index is 14.5. The molecule has 0 saturated heterocycles. The van der Waals surface area contributed by atoms with Gasteiger partial charge in [-0.3, -0.25) is 4.90 Å². The Morgan fingerprint density at radius 3 is 2.03 bits per heavy atom. The molecule has 0 aliphatic carbocycles. The molecule has 15 heteroatoms. The molecule has 170 valence electrons. The van der Waals surface area contributed by atoms with Crippen LogP contribution in [0.1, 0.15) is 16.7 Å². The van der Waals surface area contributed by atoms with Crippen LogP contribution in [0.25, 0.3) is 0 Å². The lowest BCUT2D eigenvalue weighted by Gasteiger charge is -2.36. The fourth-order valence-corrected chi connectivity index (χ4v) is 3.00. The van der Waals surface area contributed by atoms with Crippen molar-refractivity contribution in [2.24, 2.45) is 0 Å². The van der Waals surface area contributed by atoms with E-state index in [1.54, 1.807) is 0 Å². The van der Waals surface area contributed by atoms with Crippen LogP contribution in [-0.4, -0.2) is 34.9 Å². The van der Waals surface area contributed by atoms with E-state index in [4.69, 9.17) is 16.3 Å². The van der Waals surface area contributed by atoms with Crippen LogP contribution in [0.3, 0.4) is 0 Å². The van der Waals surface area contributed by atoms with Crippen LogP contribution in [0.2, 0.25) is 5.02 Å². The smallest absolute Gasteiger partial charge is 0.409 e. The summed E-state index contributed by atoms with van der Waals surface area (Å²) in [6.45, 7) is 0.893. The van der Waals surface area contributed by atoms with Gasteiger partial charge in [0.25, 0.3) is 0 Å². The van der Waals surface area contributed by atoms with Gasteiger partial charge in [0.15, 0.2) is 5.82 Å². The molecule has 0 N–H and O–H groups in total. The monoisotopic (exact) mass is 483 g/mol. The third-order valence-corrected chi connectivity index (χ3v) is 4.55. The molecule has 0 fully saturated rings. The molecule has 0 aliphatic rings. The molecule has 32 heavy (non-hydrogen) atoms. The summed E-state index contributed by atoms with van der Waals surface area (Å²) in [4.78, 5) is 13.4. The molecule has 0 aromatic heterocycles. The number of carbonyl (C=O) groups is 1. The van der Waals surface area contributed by atoms with E-state index in [9.17, 15) is 39.9 Å². The van der Waals surface area contributed by atoms with Crippen molar-refractivity contribution in [3.63, 3.8) is 0 Å². The molecule has 1 amide bonds. The highest BCUT2D eigenvalue weighted by Crippen LogP contribution is 2.43. The largest absolute Gasteiger partial charge is 0.420 e. The number of nitrogens with zero attached hydrogens (tertiary/aromatic N) is 1. The van der Waals surface area contributed by atoms with Crippen LogP contribution < -0.4 is 9.64 Å². The Morgan fingerprint density at radius 1 is 1.00 bits per heavy atom. The van der Waals surface area contributed by atoms with Gasteiger partial charge in [-0.15, -0.1) is 0 Å². The Labute approximate surface area is 184 Å². The Hall–Kier alpha value is -2.37. The van der Waals surface area contributed by atoms with Crippen molar-refractivity contribution in [3.05, 3.63) is 57.6 Å². The molecule has 0 unspecified atom stereocenters. The molecule has 0 aliphatic heterocycles. The Kier molecular flexibility index (Phi) is 6.90. The molecule has 3 nitrogen and oxygen atoms in total. The van der Waals surface area contributed by atoms with E-state index >= 15 is 0 Å². The molecule has 0 bridgehead atoms. The predicted octanol–water partition coefficient (Wildman–Crippen LogP) is 3.48. The summed E-state index contributed by atoms with van der Waals surface area (Å²) in [7, 11) is 4.11. The first-order chi connectivity index (χ1) is 14.4. The average Bonchev–Trinajstić information content (AvgIpc) is 2.60. The molecule has 2 rings (SSSR count). The quantitative estimate of drug-likeness (QED) is 0.381. The molecule has 2 aromatic rings. The highest BCUT2D eigenvalue weighted by molar-refractivity contribution is 6.62. The molecule has 0 spiro atoms. The van der Waals surface area contributed by atoms with Crippen molar-refractivity contribution in [2.75, 3.05) is 4.90 Å². The van der Waals surface area contributed by atoms with Crippen molar-refractivity contribution in [2.45, 2.75) is 24.5 Å². The summed E-state index contributed by atoms with van der Waals surface area (Å²) in [6.07, 6.45) is -11.9. The van der Waals surface area contributed by atoms with E-state index in [0.29, 0.717) is 11.0 Å². The second-order valence-electron chi connectivity index (χ2n) is 7.73. The summed E-state index contributed by atoms with van der Waals surface area (Å²) in [5, 5.41) is -2.29. The molecule has 0 radical (unpaired) electrons. The maximum Gasteiger partial charge on any atom is 0.420 e. The number of carbonyl (C=O) groups excluding carboxylic acids is 1. The number of amides is 1. The van der Waals surface area contributed by atoms with Crippen LogP contribution in [0.4, 0.5) is 45.6 Å². The van der Waals surface area contributed by atoms with E-state index in [1.165, 1.54) is 23.5 Å². The lowest BCUT2D eigenvalue weighted by atomic mass is 9.48. The van der Waals surface area contributed by atoms with Gasteiger partial charge in [0, 0.05) is 0 Å². The molecular formula is C17H13B3ClF8NO2. The van der Waals surface area contributed by atoms with Crippen molar-refractivity contribution in [1.29, 1.82) is 0 Å². The fourth-order valence-electron chi connectivity index (χ4n) is 2.84. The van der Waals surface area contributed by atoms with Crippen LogP contribution in [0, 0.1) is 18.6 Å². The second-order valence-corrected chi connectivity index (χ2v) is 8.11. The average molecular weight is 483 g/mol. The van der Waals surface area contributed by atoms with E-state index in [-0.39, 0.29) is 6.07 Å². The third kappa shape index (κ3) is 5.33. The summed E-state index contributed by atoms with van der Waals surface area (Å²) in [6, 6.07) is 1.76. The van der Waals surface area contributed by atoms with Crippen LogP contribution >= 0.6 is 11.6 Å². The van der Waals surface area contributed by atoms with Gasteiger partial charge >= 0.3 is 18.4 Å². The number of rotatable bonds is 3. The molecule has 0 atom stereocenters. The van der Waals surface area contributed by atoms with Gasteiger partial charge in [0.1, 0.15) is 40.1 Å². The summed E-state index contributed by atoms with van der Waals surface area (Å²) in [5.74, 6) is -3.70. The number of halogens is 9. The molecule has 0 saturated carbocycles. The Morgan fingerprint density at radius 2 is 1.56 bits per heavy atom. The lowest BCUT2D eigenvalue weighted by molar-refractivity contribution is -0.143.